The summed E-state index contributed by atoms with van der Waals surface area (Å²) in [5.41, 5.74) is 2.22. The maximum Gasteiger partial charge on any atom is 0.338 e. The summed E-state index contributed by atoms with van der Waals surface area (Å²) in [7, 11) is 0. The largest absolute Gasteiger partial charge is 0.462 e. The Kier molecular flexibility index (Phi) is 9.61. The fourth-order valence-corrected chi connectivity index (χ4v) is 4.36. The number of carbonyl (C=O) groups excluding carboxylic acids is 1. The molecule has 3 nitrogen and oxygen atoms in total. The van der Waals surface area contributed by atoms with Crippen molar-refractivity contribution in [3.63, 3.8) is 0 Å². The lowest BCUT2D eigenvalue weighted by Crippen LogP contribution is -2.06. The van der Waals surface area contributed by atoms with E-state index < -0.39 is 0 Å². The molecule has 0 N–H and O–H groups in total. The van der Waals surface area contributed by atoms with Gasteiger partial charge in [-0.15, -0.1) is 0 Å². The second kappa shape index (κ2) is 12.9. The number of ether oxygens (including phenoxy) is 1. The smallest absolute Gasteiger partial charge is 0.338 e. The zero-order valence-corrected chi connectivity index (χ0v) is 20.1. The number of hydrogen-bond donors (Lipinski definition) is 0. The third-order valence-electron chi connectivity index (χ3n) is 4.78. The van der Waals surface area contributed by atoms with Gasteiger partial charge in [0.2, 0.25) is 0 Å². The van der Waals surface area contributed by atoms with E-state index in [1.807, 2.05) is 54.6 Å². The van der Waals surface area contributed by atoms with E-state index in [0.717, 1.165) is 45.5 Å². The molecule has 3 aromatic rings. The molecule has 32 heavy (non-hydrogen) atoms. The summed E-state index contributed by atoms with van der Waals surface area (Å²) in [4.78, 5) is 14.2. The molecule has 0 aliphatic rings. The molecule has 0 radical (unpaired) electrons. The number of rotatable bonds is 10. The van der Waals surface area contributed by atoms with E-state index in [1.165, 1.54) is 0 Å². The van der Waals surface area contributed by atoms with Gasteiger partial charge in [-0.05, 0) is 68.1 Å². The predicted octanol–water partition coefficient (Wildman–Crippen LogP) is 7.92. The summed E-state index contributed by atoms with van der Waals surface area (Å²) in [5.74, 6) is -0.295. The molecule has 5 heteroatoms. The van der Waals surface area contributed by atoms with Crippen LogP contribution in [0.25, 0.3) is 5.57 Å². The highest BCUT2D eigenvalue weighted by atomic mass is 79.9. The van der Waals surface area contributed by atoms with E-state index in [-0.39, 0.29) is 5.97 Å². The first-order valence-electron chi connectivity index (χ1n) is 10.5. The number of benzene rings is 3. The molecule has 0 aromatic heterocycles. The first-order valence-corrected chi connectivity index (χ1v) is 12.1. The maximum absolute atomic E-state index is 12.0. The molecule has 0 aliphatic carbocycles. The molecule has 0 bridgehead atoms. The lowest BCUT2D eigenvalue weighted by molar-refractivity contribution is 0.0498. The summed E-state index contributed by atoms with van der Waals surface area (Å²) in [6.07, 6.45) is 5.50. The minimum Gasteiger partial charge on any atom is -0.462 e. The van der Waals surface area contributed by atoms with Crippen molar-refractivity contribution in [3.05, 3.63) is 101 Å². The molecule has 3 aromatic carbocycles. The Labute approximate surface area is 202 Å². The van der Waals surface area contributed by atoms with E-state index in [0.29, 0.717) is 17.7 Å². The molecule has 0 aliphatic heterocycles. The van der Waals surface area contributed by atoms with Gasteiger partial charge in [0.05, 0.1) is 23.8 Å². The fraction of sp³-hybridized carbons (Fsp3) is 0.185. The summed E-state index contributed by atoms with van der Waals surface area (Å²) >= 11 is 5.02. The van der Waals surface area contributed by atoms with Crippen LogP contribution in [0, 0.1) is 11.3 Å². The molecule has 0 atom stereocenters. The van der Waals surface area contributed by atoms with Gasteiger partial charge in [0.25, 0.3) is 0 Å². The quantitative estimate of drug-likeness (QED) is 0.159. The number of nitrogens with zero attached hydrogens (tertiary/aromatic N) is 1. The zero-order chi connectivity index (χ0) is 22.6. The van der Waals surface area contributed by atoms with Crippen LogP contribution in [0.5, 0.6) is 0 Å². The van der Waals surface area contributed by atoms with E-state index in [9.17, 15) is 10.1 Å². The van der Waals surface area contributed by atoms with Crippen molar-refractivity contribution >= 4 is 39.2 Å². The van der Waals surface area contributed by atoms with Gasteiger partial charge in [-0.2, -0.15) is 5.26 Å². The van der Waals surface area contributed by atoms with Crippen LogP contribution < -0.4 is 0 Å². The van der Waals surface area contributed by atoms with Crippen molar-refractivity contribution in [1.29, 1.82) is 5.26 Å². The van der Waals surface area contributed by atoms with Crippen molar-refractivity contribution in [2.24, 2.45) is 0 Å². The number of unbranched alkanes of at least 4 members (excludes halogenated alkanes) is 3. The molecule has 0 heterocycles. The molecule has 0 fully saturated rings. The van der Waals surface area contributed by atoms with Crippen molar-refractivity contribution < 1.29 is 9.53 Å². The average Bonchev–Trinajstić information content (AvgIpc) is 2.82. The number of carbonyl (C=O) groups is 1. The lowest BCUT2D eigenvalue weighted by atomic mass is 10.0. The highest BCUT2D eigenvalue weighted by molar-refractivity contribution is 9.10. The first kappa shape index (κ1) is 23.8. The van der Waals surface area contributed by atoms with Crippen LogP contribution in [0.15, 0.2) is 99.2 Å². The van der Waals surface area contributed by atoms with Crippen LogP contribution >= 0.6 is 27.7 Å². The second-order valence-electron chi connectivity index (χ2n) is 7.13. The van der Waals surface area contributed by atoms with Crippen molar-refractivity contribution in [1.82, 2.24) is 0 Å². The Morgan fingerprint density at radius 2 is 1.66 bits per heavy atom. The van der Waals surface area contributed by atoms with Crippen LogP contribution in [0.3, 0.4) is 0 Å². The fourth-order valence-electron chi connectivity index (χ4n) is 3.11. The van der Waals surface area contributed by atoms with E-state index in [1.54, 1.807) is 23.9 Å². The normalized spacial score (nSPS) is 11.1. The van der Waals surface area contributed by atoms with Gasteiger partial charge in [-0.1, -0.05) is 70.2 Å². The minimum atomic E-state index is -0.295. The maximum atomic E-state index is 12.0. The van der Waals surface area contributed by atoms with Gasteiger partial charge in [-0.3, -0.25) is 0 Å². The van der Waals surface area contributed by atoms with Crippen LogP contribution in [0.2, 0.25) is 0 Å². The van der Waals surface area contributed by atoms with E-state index in [4.69, 9.17) is 4.74 Å². The third-order valence-corrected chi connectivity index (χ3v) is 6.39. The van der Waals surface area contributed by atoms with Gasteiger partial charge in [0.1, 0.15) is 0 Å². The highest BCUT2D eigenvalue weighted by Gasteiger charge is 2.09. The van der Waals surface area contributed by atoms with Crippen LogP contribution in [0.1, 0.15) is 41.6 Å². The van der Waals surface area contributed by atoms with Gasteiger partial charge >= 0.3 is 5.97 Å². The summed E-state index contributed by atoms with van der Waals surface area (Å²) < 4.78 is 6.26. The van der Waals surface area contributed by atoms with Crippen molar-refractivity contribution in [3.8, 4) is 6.07 Å². The molecule has 0 saturated heterocycles. The molecule has 0 spiro atoms. The Morgan fingerprint density at radius 1 is 0.938 bits per heavy atom. The number of halogens is 1. The Bertz CT molecular complexity index is 1090. The van der Waals surface area contributed by atoms with E-state index >= 15 is 0 Å². The topological polar surface area (TPSA) is 50.1 Å². The van der Waals surface area contributed by atoms with Gasteiger partial charge < -0.3 is 4.74 Å². The van der Waals surface area contributed by atoms with Crippen molar-refractivity contribution in [2.45, 2.75) is 35.5 Å². The monoisotopic (exact) mass is 505 g/mol. The molecule has 3 rings (SSSR count). The Morgan fingerprint density at radius 3 is 2.41 bits per heavy atom. The van der Waals surface area contributed by atoms with Crippen LogP contribution in [0.4, 0.5) is 0 Å². The summed E-state index contributed by atoms with van der Waals surface area (Å²) in [6.45, 7) is 0.403. The molecular weight excluding hydrogens is 482 g/mol. The summed E-state index contributed by atoms with van der Waals surface area (Å²) in [6, 6.07) is 27.7. The first-order chi connectivity index (χ1) is 15.7. The number of hydrogen-bond acceptors (Lipinski definition) is 4. The summed E-state index contributed by atoms with van der Waals surface area (Å²) in [5, 5.41) is 9.71. The Balaban J connectivity index is 1.46. The van der Waals surface area contributed by atoms with Crippen molar-refractivity contribution in [2.75, 3.05) is 6.61 Å². The number of allylic oxidation sites excluding steroid dienone is 2. The SMILES string of the molecule is N#C/C(=C\CCCCCOC(=O)c1ccc(Br)cc1)c1ccccc1Sc1ccccc1. The second-order valence-corrected chi connectivity index (χ2v) is 9.16. The van der Waals surface area contributed by atoms with Gasteiger partial charge in [0, 0.05) is 19.8 Å². The zero-order valence-electron chi connectivity index (χ0n) is 17.7. The highest BCUT2D eigenvalue weighted by Crippen LogP contribution is 2.33. The molecular formula is C27H24BrNO2S. The molecule has 0 unspecified atom stereocenters. The van der Waals surface area contributed by atoms with Gasteiger partial charge in [0.15, 0.2) is 0 Å². The number of esters is 1. The predicted molar refractivity (Wildman–Crippen MR) is 133 cm³/mol. The average molecular weight is 506 g/mol. The Hall–Kier alpha value is -2.81. The molecule has 0 saturated carbocycles. The van der Waals surface area contributed by atoms with E-state index in [2.05, 4.69) is 40.2 Å². The van der Waals surface area contributed by atoms with Crippen LogP contribution in [-0.4, -0.2) is 12.6 Å². The molecule has 162 valence electrons. The third kappa shape index (κ3) is 7.40. The van der Waals surface area contributed by atoms with Crippen LogP contribution in [-0.2, 0) is 4.74 Å². The lowest BCUT2D eigenvalue weighted by Gasteiger charge is -2.08. The number of nitriles is 1. The standard InChI is InChI=1S/C27H24BrNO2S/c28-23-17-15-21(16-18-23)27(30)31-19-9-2-1-4-10-22(20-29)25-13-7-8-14-26(25)32-24-11-5-3-6-12-24/h3,5-8,10-18H,1-2,4,9,19H2/b22-10+. The van der Waals surface area contributed by atoms with Gasteiger partial charge in [-0.25, -0.2) is 4.79 Å². The molecule has 0 amide bonds. The minimum absolute atomic E-state index is 0.295.